The van der Waals surface area contributed by atoms with Crippen LogP contribution in [0.4, 0.5) is 0 Å². The molecule has 112 valence electrons. The second-order valence-corrected chi connectivity index (χ2v) is 6.02. The molecule has 0 aliphatic carbocycles. The van der Waals surface area contributed by atoms with Crippen LogP contribution in [0.2, 0.25) is 0 Å². The van der Waals surface area contributed by atoms with Gasteiger partial charge in [0.05, 0.1) is 14.2 Å². The fraction of sp³-hybridized carbons (Fsp3) is 0.867. The van der Waals surface area contributed by atoms with Gasteiger partial charge in [0.25, 0.3) is 0 Å². The van der Waals surface area contributed by atoms with E-state index >= 15 is 0 Å². The van der Waals surface area contributed by atoms with E-state index in [2.05, 4.69) is 30.2 Å². The van der Waals surface area contributed by atoms with Gasteiger partial charge in [0, 0.05) is 12.8 Å². The Morgan fingerprint density at radius 3 is 2.11 bits per heavy atom. The predicted molar refractivity (Wildman–Crippen MR) is 74.7 cm³/mol. The van der Waals surface area contributed by atoms with Gasteiger partial charge < -0.3 is 9.47 Å². The molecule has 0 radical (unpaired) electrons. The van der Waals surface area contributed by atoms with E-state index in [1.807, 2.05) is 0 Å². The molecular weight excluding hydrogens is 244 g/mol. The first-order chi connectivity index (χ1) is 8.80. The molecule has 0 rings (SSSR count). The van der Waals surface area contributed by atoms with E-state index in [9.17, 15) is 9.59 Å². The van der Waals surface area contributed by atoms with Crippen molar-refractivity contribution in [2.75, 3.05) is 14.2 Å². The van der Waals surface area contributed by atoms with Crippen molar-refractivity contribution in [2.24, 2.45) is 11.3 Å². The lowest BCUT2D eigenvalue weighted by Crippen LogP contribution is -2.18. The van der Waals surface area contributed by atoms with Gasteiger partial charge in [0.1, 0.15) is 0 Å². The zero-order chi connectivity index (χ0) is 14.9. The minimum atomic E-state index is -0.147. The highest BCUT2D eigenvalue weighted by atomic mass is 16.5. The van der Waals surface area contributed by atoms with Crippen molar-refractivity contribution in [3.05, 3.63) is 0 Å². The van der Waals surface area contributed by atoms with Crippen LogP contribution in [0.1, 0.15) is 59.3 Å². The van der Waals surface area contributed by atoms with E-state index in [0.29, 0.717) is 18.8 Å². The van der Waals surface area contributed by atoms with Crippen molar-refractivity contribution in [1.82, 2.24) is 0 Å². The van der Waals surface area contributed by atoms with Crippen LogP contribution in [0.15, 0.2) is 0 Å². The molecule has 0 amide bonds. The summed E-state index contributed by atoms with van der Waals surface area (Å²) in [6.45, 7) is 6.54. The van der Waals surface area contributed by atoms with Crippen LogP contribution in [-0.4, -0.2) is 26.2 Å². The molecule has 0 aromatic rings. The van der Waals surface area contributed by atoms with E-state index in [1.165, 1.54) is 14.2 Å². The summed E-state index contributed by atoms with van der Waals surface area (Å²) < 4.78 is 9.28. The minimum absolute atomic E-state index is 0.124. The Morgan fingerprint density at radius 2 is 1.58 bits per heavy atom. The van der Waals surface area contributed by atoms with Gasteiger partial charge in [0.15, 0.2) is 0 Å². The predicted octanol–water partition coefficient (Wildman–Crippen LogP) is 3.34. The van der Waals surface area contributed by atoms with E-state index in [-0.39, 0.29) is 17.4 Å². The summed E-state index contributed by atoms with van der Waals surface area (Å²) in [5, 5.41) is 0. The number of carbonyl (C=O) groups is 2. The second kappa shape index (κ2) is 8.94. The van der Waals surface area contributed by atoms with Crippen LogP contribution in [0, 0.1) is 11.3 Å². The van der Waals surface area contributed by atoms with E-state index in [4.69, 9.17) is 0 Å². The molecule has 0 fully saturated rings. The van der Waals surface area contributed by atoms with E-state index in [0.717, 1.165) is 25.7 Å². The number of hydrogen-bond acceptors (Lipinski definition) is 4. The topological polar surface area (TPSA) is 52.6 Å². The summed E-state index contributed by atoms with van der Waals surface area (Å²) in [6.07, 6.45) is 4.71. The molecule has 0 saturated heterocycles. The Labute approximate surface area is 116 Å². The molecule has 1 atom stereocenters. The standard InChI is InChI=1S/C15H28O4/c1-12(7-6-8-13(16)18-4)11-15(2,3)10-9-14(17)19-5/h12H,6-11H2,1-5H3. The van der Waals surface area contributed by atoms with Crippen LogP contribution in [0.3, 0.4) is 0 Å². The molecule has 0 bridgehead atoms. The lowest BCUT2D eigenvalue weighted by molar-refractivity contribution is -0.142. The fourth-order valence-electron chi connectivity index (χ4n) is 2.39. The molecule has 0 aliphatic rings. The van der Waals surface area contributed by atoms with E-state index in [1.54, 1.807) is 0 Å². The van der Waals surface area contributed by atoms with Crippen LogP contribution < -0.4 is 0 Å². The maximum absolute atomic E-state index is 11.2. The third kappa shape index (κ3) is 9.51. The molecule has 1 unspecified atom stereocenters. The van der Waals surface area contributed by atoms with Crippen molar-refractivity contribution in [1.29, 1.82) is 0 Å². The van der Waals surface area contributed by atoms with Gasteiger partial charge in [-0.05, 0) is 30.6 Å². The molecule has 0 aromatic heterocycles. The maximum Gasteiger partial charge on any atom is 0.305 e. The Bertz CT molecular complexity index is 284. The summed E-state index contributed by atoms with van der Waals surface area (Å²) in [4.78, 5) is 22.2. The summed E-state index contributed by atoms with van der Waals surface area (Å²) >= 11 is 0. The highest BCUT2D eigenvalue weighted by Crippen LogP contribution is 2.32. The van der Waals surface area contributed by atoms with Gasteiger partial charge in [-0.3, -0.25) is 9.59 Å². The fourth-order valence-corrected chi connectivity index (χ4v) is 2.39. The quantitative estimate of drug-likeness (QED) is 0.604. The first-order valence-electron chi connectivity index (χ1n) is 6.94. The van der Waals surface area contributed by atoms with Gasteiger partial charge in [-0.1, -0.05) is 27.2 Å². The van der Waals surface area contributed by atoms with Gasteiger partial charge in [-0.25, -0.2) is 0 Å². The number of esters is 2. The maximum atomic E-state index is 11.2. The molecule has 0 spiro atoms. The molecule has 4 nitrogen and oxygen atoms in total. The Kier molecular flexibility index (Phi) is 8.44. The number of carbonyl (C=O) groups excluding carboxylic acids is 2. The van der Waals surface area contributed by atoms with Crippen LogP contribution in [-0.2, 0) is 19.1 Å². The van der Waals surface area contributed by atoms with E-state index < -0.39 is 0 Å². The number of methoxy groups -OCH3 is 2. The average molecular weight is 272 g/mol. The van der Waals surface area contributed by atoms with Gasteiger partial charge >= 0.3 is 11.9 Å². The third-order valence-corrected chi connectivity index (χ3v) is 3.44. The molecule has 0 N–H and O–H groups in total. The van der Waals surface area contributed by atoms with Crippen molar-refractivity contribution in [3.63, 3.8) is 0 Å². The number of rotatable bonds is 9. The van der Waals surface area contributed by atoms with Crippen LogP contribution >= 0.6 is 0 Å². The van der Waals surface area contributed by atoms with Crippen LogP contribution in [0.5, 0.6) is 0 Å². The Morgan fingerprint density at radius 1 is 1.05 bits per heavy atom. The molecule has 0 aromatic carbocycles. The average Bonchev–Trinajstić information content (AvgIpc) is 2.35. The summed E-state index contributed by atoms with van der Waals surface area (Å²) in [6, 6.07) is 0. The number of hydrogen-bond donors (Lipinski definition) is 0. The molecule has 4 heteroatoms. The van der Waals surface area contributed by atoms with Crippen molar-refractivity contribution < 1.29 is 19.1 Å². The monoisotopic (exact) mass is 272 g/mol. The Hall–Kier alpha value is -1.06. The van der Waals surface area contributed by atoms with Crippen LogP contribution in [0.25, 0.3) is 0 Å². The van der Waals surface area contributed by atoms with Crippen molar-refractivity contribution >= 4 is 11.9 Å². The molecular formula is C15H28O4. The SMILES string of the molecule is COC(=O)CCCC(C)CC(C)(C)CCC(=O)OC. The summed E-state index contributed by atoms with van der Waals surface area (Å²) in [7, 11) is 2.84. The lowest BCUT2D eigenvalue weighted by Gasteiger charge is -2.27. The van der Waals surface area contributed by atoms with Gasteiger partial charge in [-0.2, -0.15) is 0 Å². The minimum Gasteiger partial charge on any atom is -0.469 e. The lowest BCUT2D eigenvalue weighted by atomic mass is 9.78. The highest BCUT2D eigenvalue weighted by Gasteiger charge is 2.22. The molecule has 0 aliphatic heterocycles. The summed E-state index contributed by atoms with van der Waals surface area (Å²) in [5.74, 6) is 0.251. The smallest absolute Gasteiger partial charge is 0.305 e. The van der Waals surface area contributed by atoms with Crippen molar-refractivity contribution in [2.45, 2.75) is 59.3 Å². The Balaban J connectivity index is 3.91. The second-order valence-electron chi connectivity index (χ2n) is 6.02. The summed E-state index contributed by atoms with van der Waals surface area (Å²) in [5.41, 5.74) is 0.124. The third-order valence-electron chi connectivity index (χ3n) is 3.44. The van der Waals surface area contributed by atoms with Gasteiger partial charge in [-0.15, -0.1) is 0 Å². The van der Waals surface area contributed by atoms with Gasteiger partial charge in [0.2, 0.25) is 0 Å². The molecule has 0 heterocycles. The zero-order valence-corrected chi connectivity index (χ0v) is 13.0. The van der Waals surface area contributed by atoms with Crippen molar-refractivity contribution in [3.8, 4) is 0 Å². The molecule has 19 heavy (non-hydrogen) atoms. The molecule has 0 saturated carbocycles. The first kappa shape index (κ1) is 17.9. The highest BCUT2D eigenvalue weighted by molar-refractivity contribution is 5.69. The largest absolute Gasteiger partial charge is 0.469 e. The first-order valence-corrected chi connectivity index (χ1v) is 6.94. The zero-order valence-electron chi connectivity index (χ0n) is 13.0. The number of ether oxygens (including phenoxy) is 2. The normalized spacial score (nSPS) is 12.9.